The molecule has 0 aliphatic heterocycles. The van der Waals surface area contributed by atoms with Gasteiger partial charge in [-0.05, 0) is 100 Å². The van der Waals surface area contributed by atoms with E-state index in [4.69, 9.17) is 0 Å². The Balaban J connectivity index is 0.000000252. The van der Waals surface area contributed by atoms with E-state index in [9.17, 15) is 20.4 Å². The second-order valence-electron chi connectivity index (χ2n) is 20.2. The van der Waals surface area contributed by atoms with Gasteiger partial charge < -0.3 is 40.4 Å². The molecule has 74 heavy (non-hydrogen) atoms. The van der Waals surface area contributed by atoms with Crippen LogP contribution in [0, 0.1) is 63.8 Å². The van der Waals surface area contributed by atoms with E-state index in [0.717, 1.165) is 67.3 Å². The smallest absolute Gasteiger partial charge is 0.0569 e. The largest absolute Gasteiger partial charge is 0.393 e. The number of aromatic nitrogens is 4. The summed E-state index contributed by atoms with van der Waals surface area (Å²) in [7, 11) is 0. The first-order valence-electron chi connectivity index (χ1n) is 24.7. The summed E-state index contributed by atoms with van der Waals surface area (Å²) in [6, 6.07) is 55.5. The SMILES string of the molecule is CC(O)C(C(C)O)C(C(C)O)C(C)O.Cc1ccc(-c2[c-]cc(C(C)(C)c3c[c-]c(-c4ccc(C)cn4)cc3)cc2)nc1.Cc1ccc(-c2[c-]cc(C(C)(C)c3c[c-]c(-c4ccc(C)cn4)cc3)cc2)nc1.[Ir].[Ir]. The standard InChI is InChI=1S/2C27H24N2.C10H22O4.2Ir/c2*1-19-5-15-25(28-17-19)21-7-11-23(12-8-21)27(3,4)24-13-9-22(10-14-24)26-16-6-20(2)18-29-26;1-5(11)9(6(2)12)10(7(3)13)8(4)14;;/h2*5-7,9,11-18H,1-4H3;5-14H,1-4H3;;/q2*-2;;;. The Morgan fingerprint density at radius 2 is 0.541 bits per heavy atom. The Bertz CT molecular complexity index is 2500. The van der Waals surface area contributed by atoms with Gasteiger partial charge >= 0.3 is 0 Å². The Morgan fingerprint density at radius 1 is 0.338 bits per heavy atom. The van der Waals surface area contributed by atoms with Crippen LogP contribution in [0.5, 0.6) is 0 Å². The molecule has 4 unspecified atom stereocenters. The number of aryl methyl sites for hydroxylation is 4. The van der Waals surface area contributed by atoms with E-state index in [2.05, 4.69) is 169 Å². The molecule has 2 radical (unpaired) electrons. The molecule has 0 fully saturated rings. The molecule has 0 spiro atoms. The molecule has 4 atom stereocenters. The van der Waals surface area contributed by atoms with Gasteiger partial charge in [-0.25, -0.2) is 0 Å². The van der Waals surface area contributed by atoms with Crippen molar-refractivity contribution in [2.75, 3.05) is 0 Å². The van der Waals surface area contributed by atoms with Crippen LogP contribution in [0.2, 0.25) is 0 Å². The normalized spacial score (nSPS) is 13.7. The van der Waals surface area contributed by atoms with Gasteiger partial charge in [0.25, 0.3) is 0 Å². The predicted molar refractivity (Wildman–Crippen MR) is 291 cm³/mol. The molecule has 10 heteroatoms. The number of aliphatic hydroxyl groups excluding tert-OH is 4. The average Bonchev–Trinajstić information content (AvgIpc) is 3.36. The number of rotatable bonds is 13. The molecule has 392 valence electrons. The fourth-order valence-electron chi connectivity index (χ4n) is 8.83. The number of hydrogen-bond acceptors (Lipinski definition) is 8. The maximum atomic E-state index is 9.47. The van der Waals surface area contributed by atoms with Crippen LogP contribution in [0.15, 0.2) is 146 Å². The van der Waals surface area contributed by atoms with Gasteiger partial charge in [0.05, 0.1) is 24.4 Å². The Labute approximate surface area is 467 Å². The first kappa shape index (κ1) is 61.2. The van der Waals surface area contributed by atoms with Crippen molar-refractivity contribution in [2.45, 2.75) is 118 Å². The zero-order valence-corrected chi connectivity index (χ0v) is 49.4. The Morgan fingerprint density at radius 3 is 0.676 bits per heavy atom. The first-order chi connectivity index (χ1) is 34.1. The van der Waals surface area contributed by atoms with Crippen LogP contribution in [-0.4, -0.2) is 64.8 Å². The zero-order valence-electron chi connectivity index (χ0n) is 44.6. The molecule has 8 aromatic rings. The van der Waals surface area contributed by atoms with Crippen LogP contribution in [0.25, 0.3) is 45.0 Å². The number of benzene rings is 4. The van der Waals surface area contributed by atoms with Gasteiger partial charge in [0.2, 0.25) is 0 Å². The van der Waals surface area contributed by atoms with E-state index in [0.29, 0.717) is 0 Å². The van der Waals surface area contributed by atoms with Crippen molar-refractivity contribution < 1.29 is 60.6 Å². The molecule has 8 rings (SSSR count). The second kappa shape index (κ2) is 27.4. The number of nitrogens with zero attached hydrogens (tertiary/aromatic N) is 4. The molecule has 0 saturated heterocycles. The van der Waals surface area contributed by atoms with E-state index in [1.807, 2.05) is 76.7 Å². The van der Waals surface area contributed by atoms with Crippen molar-refractivity contribution in [2.24, 2.45) is 11.8 Å². The van der Waals surface area contributed by atoms with Crippen molar-refractivity contribution in [3.8, 4) is 45.0 Å². The van der Waals surface area contributed by atoms with Gasteiger partial charge in [0.15, 0.2) is 0 Å². The fourth-order valence-corrected chi connectivity index (χ4v) is 8.83. The van der Waals surface area contributed by atoms with Crippen molar-refractivity contribution in [3.05, 3.63) is 215 Å². The minimum atomic E-state index is -0.760. The van der Waals surface area contributed by atoms with E-state index >= 15 is 0 Å². The molecule has 0 aliphatic rings. The quantitative estimate of drug-likeness (QED) is 0.0839. The fraction of sp³-hybridized carbons (Fsp3) is 0.312. The first-order valence-corrected chi connectivity index (χ1v) is 24.7. The summed E-state index contributed by atoms with van der Waals surface area (Å²) in [4.78, 5) is 18.0. The molecule has 4 aromatic heterocycles. The van der Waals surface area contributed by atoms with Crippen LogP contribution in [-0.2, 0) is 51.0 Å². The molecule has 4 heterocycles. The summed E-state index contributed by atoms with van der Waals surface area (Å²) in [6.45, 7) is 23.3. The molecule has 0 saturated carbocycles. The topological polar surface area (TPSA) is 132 Å². The van der Waals surface area contributed by atoms with E-state index < -0.39 is 36.3 Å². The van der Waals surface area contributed by atoms with Gasteiger partial charge in [0.1, 0.15) is 0 Å². The minimum absolute atomic E-state index is 0. The second-order valence-corrected chi connectivity index (χ2v) is 20.2. The summed E-state index contributed by atoms with van der Waals surface area (Å²) >= 11 is 0. The van der Waals surface area contributed by atoms with Crippen molar-refractivity contribution in [1.82, 2.24) is 19.9 Å². The van der Waals surface area contributed by atoms with Gasteiger partial charge in [-0.2, -0.15) is 0 Å². The van der Waals surface area contributed by atoms with Crippen molar-refractivity contribution in [3.63, 3.8) is 0 Å². The van der Waals surface area contributed by atoms with Crippen LogP contribution in [0.4, 0.5) is 0 Å². The monoisotopic (exact) mass is 1340 g/mol. The molecule has 8 nitrogen and oxygen atoms in total. The number of hydrogen-bond donors (Lipinski definition) is 4. The molecule has 4 N–H and O–H groups in total. The minimum Gasteiger partial charge on any atom is -0.393 e. The van der Waals surface area contributed by atoms with Gasteiger partial charge in [-0.15, -0.1) is 142 Å². The van der Waals surface area contributed by atoms with Gasteiger partial charge in [-0.3, -0.25) is 0 Å². The van der Waals surface area contributed by atoms with E-state index in [1.54, 1.807) is 27.7 Å². The molecular formula is C64H70Ir2N4O4-4. The predicted octanol–water partition coefficient (Wildman–Crippen LogP) is 12.4. The number of aliphatic hydroxyl groups is 4. The van der Waals surface area contributed by atoms with Crippen LogP contribution in [0.1, 0.15) is 99.9 Å². The average molecular weight is 1340 g/mol. The summed E-state index contributed by atoms with van der Waals surface area (Å²) in [5, 5.41) is 37.9. The van der Waals surface area contributed by atoms with Gasteiger partial charge in [-0.1, -0.05) is 87.1 Å². The number of pyridine rings is 4. The summed E-state index contributed by atoms with van der Waals surface area (Å²) in [5.74, 6) is -1.04. The van der Waals surface area contributed by atoms with E-state index in [1.165, 1.54) is 22.3 Å². The maximum Gasteiger partial charge on any atom is 0.0569 e. The van der Waals surface area contributed by atoms with Crippen LogP contribution in [0.3, 0.4) is 0 Å². The third-order valence-electron chi connectivity index (χ3n) is 13.6. The van der Waals surface area contributed by atoms with Crippen molar-refractivity contribution >= 4 is 0 Å². The summed E-state index contributed by atoms with van der Waals surface area (Å²) < 4.78 is 0. The van der Waals surface area contributed by atoms with E-state index in [-0.39, 0.29) is 51.0 Å². The molecule has 4 aromatic carbocycles. The zero-order chi connectivity index (χ0) is 52.3. The molecule has 0 aliphatic carbocycles. The summed E-state index contributed by atoms with van der Waals surface area (Å²) in [5.41, 5.74) is 17.0. The van der Waals surface area contributed by atoms with Gasteiger partial charge in [0, 0.05) is 76.8 Å². The molecular weight excluding hydrogens is 1270 g/mol. The molecule has 0 bridgehead atoms. The molecule has 0 amide bonds. The Hall–Kier alpha value is -5.38. The third kappa shape index (κ3) is 15.8. The Kier molecular flexibility index (Phi) is 22.7. The van der Waals surface area contributed by atoms with Crippen molar-refractivity contribution in [1.29, 1.82) is 0 Å². The maximum absolute atomic E-state index is 9.47. The van der Waals surface area contributed by atoms with Crippen LogP contribution < -0.4 is 0 Å². The third-order valence-corrected chi connectivity index (χ3v) is 13.6. The van der Waals surface area contributed by atoms with Crippen LogP contribution >= 0.6 is 0 Å². The summed E-state index contributed by atoms with van der Waals surface area (Å²) in [6.07, 6.45) is 4.52.